The minimum Gasteiger partial charge on any atom is -0.362 e. The van der Waals surface area contributed by atoms with Gasteiger partial charge in [-0.25, -0.2) is 0 Å². The monoisotopic (exact) mass is 147 g/mol. The van der Waals surface area contributed by atoms with Crippen LogP contribution in [0.1, 0.15) is 20.3 Å². The Labute approximate surface area is 67.5 Å². The minimum absolute atomic E-state index is 0.653. The quantitative estimate of drug-likeness (QED) is 0.554. The second-order valence-electron chi connectivity index (χ2n) is 3.27. The van der Waals surface area contributed by atoms with E-state index in [1.165, 1.54) is 23.4 Å². The van der Waals surface area contributed by atoms with Crippen LogP contribution in [-0.2, 0) is 0 Å². The van der Waals surface area contributed by atoms with Crippen LogP contribution in [0.15, 0.2) is 35.2 Å². The molecule has 1 heteroatoms. The average Bonchev–Trinajstić information content (AvgIpc) is 2.30. The van der Waals surface area contributed by atoms with Gasteiger partial charge in [0.1, 0.15) is 0 Å². The van der Waals surface area contributed by atoms with Gasteiger partial charge in [-0.15, -0.1) is 0 Å². The van der Waals surface area contributed by atoms with Crippen LogP contribution >= 0.6 is 0 Å². The Kier molecular flexibility index (Phi) is 1.38. The Morgan fingerprint density at radius 2 is 2.27 bits per heavy atom. The Hall–Kier alpha value is -0.980. The van der Waals surface area contributed by atoms with E-state index in [0.717, 1.165) is 0 Å². The van der Waals surface area contributed by atoms with Crippen LogP contribution in [-0.4, -0.2) is 0 Å². The van der Waals surface area contributed by atoms with Gasteiger partial charge >= 0.3 is 0 Å². The van der Waals surface area contributed by atoms with E-state index < -0.39 is 0 Å². The van der Waals surface area contributed by atoms with Crippen molar-refractivity contribution in [2.75, 3.05) is 0 Å². The van der Waals surface area contributed by atoms with E-state index in [0.29, 0.717) is 5.92 Å². The van der Waals surface area contributed by atoms with Gasteiger partial charge in [0.25, 0.3) is 0 Å². The third kappa shape index (κ3) is 0.917. The third-order valence-corrected chi connectivity index (χ3v) is 2.61. The van der Waals surface area contributed by atoms with E-state index >= 15 is 0 Å². The van der Waals surface area contributed by atoms with Crippen molar-refractivity contribution in [3.8, 4) is 0 Å². The fourth-order valence-corrected chi connectivity index (χ4v) is 1.74. The second kappa shape index (κ2) is 2.26. The number of rotatable bonds is 0. The van der Waals surface area contributed by atoms with Gasteiger partial charge in [-0.2, -0.15) is 0 Å². The average molecular weight is 147 g/mol. The summed E-state index contributed by atoms with van der Waals surface area (Å²) in [5.74, 6) is 0.653. The molecule has 0 radical (unpaired) electrons. The summed E-state index contributed by atoms with van der Waals surface area (Å²) in [6, 6.07) is 0. The third-order valence-electron chi connectivity index (χ3n) is 2.61. The van der Waals surface area contributed by atoms with Crippen molar-refractivity contribution in [3.63, 3.8) is 0 Å². The molecule has 0 bridgehead atoms. The Morgan fingerprint density at radius 3 is 3.00 bits per heavy atom. The lowest BCUT2D eigenvalue weighted by atomic mass is 9.93. The fourth-order valence-electron chi connectivity index (χ4n) is 1.74. The lowest BCUT2D eigenvalue weighted by molar-refractivity contribution is 0.720. The summed E-state index contributed by atoms with van der Waals surface area (Å²) in [6.45, 7) is 4.36. The highest BCUT2D eigenvalue weighted by Gasteiger charge is 2.24. The van der Waals surface area contributed by atoms with Gasteiger partial charge in [-0.1, -0.05) is 12.2 Å². The lowest BCUT2D eigenvalue weighted by Gasteiger charge is -2.13. The molecule has 1 unspecified atom stereocenters. The fraction of sp³-hybridized carbons (Fsp3) is 0.400. The molecule has 0 fully saturated rings. The van der Waals surface area contributed by atoms with Crippen LogP contribution in [0.25, 0.3) is 0 Å². The van der Waals surface area contributed by atoms with E-state index in [1.807, 2.05) is 0 Å². The van der Waals surface area contributed by atoms with Gasteiger partial charge in [0.2, 0.25) is 0 Å². The smallest absolute Gasteiger partial charge is 0.0251 e. The lowest BCUT2D eigenvalue weighted by Crippen LogP contribution is -2.10. The van der Waals surface area contributed by atoms with Crippen molar-refractivity contribution in [2.45, 2.75) is 20.3 Å². The Balaban J connectivity index is 2.34. The van der Waals surface area contributed by atoms with Gasteiger partial charge in [0, 0.05) is 17.3 Å². The molecule has 1 heterocycles. The summed E-state index contributed by atoms with van der Waals surface area (Å²) in [4.78, 5) is 0. The SMILES string of the molecule is CC1=C(C)C2CC=CC=C2N1. The highest BCUT2D eigenvalue weighted by molar-refractivity contribution is 5.37. The molecule has 0 aromatic heterocycles. The molecule has 58 valence electrons. The summed E-state index contributed by atoms with van der Waals surface area (Å²) in [5, 5.41) is 3.40. The number of hydrogen-bond acceptors (Lipinski definition) is 1. The van der Waals surface area contributed by atoms with Crippen LogP contribution < -0.4 is 5.32 Å². The largest absolute Gasteiger partial charge is 0.362 e. The molecule has 0 saturated heterocycles. The first-order chi connectivity index (χ1) is 5.29. The summed E-state index contributed by atoms with van der Waals surface area (Å²) in [6.07, 6.45) is 7.71. The Morgan fingerprint density at radius 1 is 1.45 bits per heavy atom. The van der Waals surface area contributed by atoms with Gasteiger partial charge in [-0.3, -0.25) is 0 Å². The first kappa shape index (κ1) is 6.71. The number of fused-ring (bicyclic) bond motifs is 1. The summed E-state index contributed by atoms with van der Waals surface area (Å²) < 4.78 is 0. The number of hydrogen-bond donors (Lipinski definition) is 1. The molecule has 0 amide bonds. The van der Waals surface area contributed by atoms with Gasteiger partial charge in [-0.05, 0) is 31.9 Å². The second-order valence-corrected chi connectivity index (χ2v) is 3.27. The van der Waals surface area contributed by atoms with Crippen molar-refractivity contribution in [1.29, 1.82) is 0 Å². The summed E-state index contributed by atoms with van der Waals surface area (Å²) >= 11 is 0. The summed E-state index contributed by atoms with van der Waals surface area (Å²) in [7, 11) is 0. The molecular weight excluding hydrogens is 134 g/mol. The molecule has 1 aliphatic heterocycles. The molecule has 11 heavy (non-hydrogen) atoms. The maximum Gasteiger partial charge on any atom is 0.0251 e. The summed E-state index contributed by atoms with van der Waals surface area (Å²) in [5.41, 5.74) is 4.22. The van der Waals surface area contributed by atoms with Crippen molar-refractivity contribution >= 4 is 0 Å². The van der Waals surface area contributed by atoms with Gasteiger partial charge in [0.05, 0.1) is 0 Å². The molecule has 2 aliphatic rings. The van der Waals surface area contributed by atoms with Crippen LogP contribution in [0.3, 0.4) is 0 Å². The highest BCUT2D eigenvalue weighted by Crippen LogP contribution is 2.32. The molecule has 0 aromatic carbocycles. The molecule has 2 rings (SSSR count). The van der Waals surface area contributed by atoms with Crippen LogP contribution in [0.5, 0.6) is 0 Å². The maximum atomic E-state index is 3.40. The minimum atomic E-state index is 0.653. The molecule has 1 nitrogen and oxygen atoms in total. The first-order valence-corrected chi connectivity index (χ1v) is 4.10. The number of allylic oxidation sites excluding steroid dienone is 5. The molecule has 1 atom stereocenters. The molecular formula is C10H13N. The van der Waals surface area contributed by atoms with E-state index in [-0.39, 0.29) is 0 Å². The van der Waals surface area contributed by atoms with Crippen LogP contribution in [0.2, 0.25) is 0 Å². The molecule has 0 saturated carbocycles. The predicted molar refractivity (Wildman–Crippen MR) is 46.8 cm³/mol. The van der Waals surface area contributed by atoms with Crippen molar-refractivity contribution < 1.29 is 0 Å². The predicted octanol–water partition coefficient (Wildman–Crippen LogP) is 2.34. The topological polar surface area (TPSA) is 12.0 Å². The molecule has 1 aliphatic carbocycles. The normalized spacial score (nSPS) is 28.2. The zero-order chi connectivity index (χ0) is 7.84. The standard InChI is InChI=1S/C10H13N/c1-7-8(2)11-10-6-4-3-5-9(7)10/h3-4,6,9,11H,5H2,1-2H3. The van der Waals surface area contributed by atoms with E-state index in [9.17, 15) is 0 Å². The first-order valence-electron chi connectivity index (χ1n) is 4.10. The Bertz CT molecular complexity index is 269. The molecule has 1 N–H and O–H groups in total. The van der Waals surface area contributed by atoms with Gasteiger partial charge < -0.3 is 5.32 Å². The zero-order valence-electron chi connectivity index (χ0n) is 7.02. The van der Waals surface area contributed by atoms with Crippen molar-refractivity contribution in [2.24, 2.45) is 5.92 Å². The van der Waals surface area contributed by atoms with E-state index in [1.54, 1.807) is 0 Å². The van der Waals surface area contributed by atoms with Gasteiger partial charge in [0.15, 0.2) is 0 Å². The van der Waals surface area contributed by atoms with Crippen molar-refractivity contribution in [1.82, 2.24) is 5.32 Å². The van der Waals surface area contributed by atoms with Crippen LogP contribution in [0.4, 0.5) is 0 Å². The maximum absolute atomic E-state index is 3.40. The van der Waals surface area contributed by atoms with Crippen LogP contribution in [0, 0.1) is 5.92 Å². The molecule has 0 spiro atoms. The van der Waals surface area contributed by atoms with Crippen molar-refractivity contribution in [3.05, 3.63) is 35.2 Å². The highest BCUT2D eigenvalue weighted by atomic mass is 14.9. The van der Waals surface area contributed by atoms with E-state index in [4.69, 9.17) is 0 Å². The molecule has 0 aromatic rings. The van der Waals surface area contributed by atoms with E-state index in [2.05, 4.69) is 37.4 Å². The number of nitrogens with one attached hydrogen (secondary N) is 1. The zero-order valence-corrected chi connectivity index (χ0v) is 7.02.